The number of hydrogen-bond donors (Lipinski definition) is 3. The van der Waals surface area contributed by atoms with Crippen LogP contribution in [-0.4, -0.2) is 46.2 Å². The molecule has 0 radical (unpaired) electrons. The first-order valence-corrected chi connectivity index (χ1v) is 9.63. The highest BCUT2D eigenvalue weighted by molar-refractivity contribution is 5.69. The SMILES string of the molecule is CC(C)OC(=O)CCCCCCCC(O)C(O)CCCCCCO. The lowest BCUT2D eigenvalue weighted by Crippen LogP contribution is -2.25. The molecule has 0 amide bonds. The van der Waals surface area contributed by atoms with Gasteiger partial charge in [0, 0.05) is 13.0 Å². The minimum absolute atomic E-state index is 0.0416. The zero-order valence-corrected chi connectivity index (χ0v) is 15.6. The first kappa shape index (κ1) is 23.4. The summed E-state index contributed by atoms with van der Waals surface area (Å²) in [5.41, 5.74) is 0. The molecule has 5 heteroatoms. The van der Waals surface area contributed by atoms with Gasteiger partial charge < -0.3 is 20.1 Å². The smallest absolute Gasteiger partial charge is 0.306 e. The summed E-state index contributed by atoms with van der Waals surface area (Å²) in [7, 11) is 0. The molecule has 24 heavy (non-hydrogen) atoms. The number of ether oxygens (including phenoxy) is 1. The molecule has 0 aromatic carbocycles. The predicted octanol–water partition coefficient (Wildman–Crippen LogP) is 3.33. The normalized spacial score (nSPS) is 13.9. The van der Waals surface area contributed by atoms with Gasteiger partial charge in [0.15, 0.2) is 0 Å². The van der Waals surface area contributed by atoms with E-state index in [1.165, 1.54) is 0 Å². The molecule has 0 rings (SSSR count). The Balaban J connectivity index is 3.44. The molecule has 0 aliphatic carbocycles. The topological polar surface area (TPSA) is 87.0 Å². The second-order valence-corrected chi connectivity index (χ2v) is 6.91. The van der Waals surface area contributed by atoms with Crippen LogP contribution in [0.5, 0.6) is 0 Å². The van der Waals surface area contributed by atoms with E-state index in [4.69, 9.17) is 9.84 Å². The molecule has 0 saturated heterocycles. The molecule has 0 aromatic heterocycles. The largest absolute Gasteiger partial charge is 0.463 e. The van der Waals surface area contributed by atoms with Crippen LogP contribution in [0.25, 0.3) is 0 Å². The van der Waals surface area contributed by atoms with Crippen LogP contribution in [0.1, 0.15) is 90.9 Å². The van der Waals surface area contributed by atoms with E-state index in [-0.39, 0.29) is 18.7 Å². The third-order valence-corrected chi connectivity index (χ3v) is 4.10. The van der Waals surface area contributed by atoms with Gasteiger partial charge in [0.2, 0.25) is 0 Å². The Morgan fingerprint density at radius 3 is 1.75 bits per heavy atom. The van der Waals surface area contributed by atoms with Crippen molar-refractivity contribution in [3.8, 4) is 0 Å². The fourth-order valence-electron chi connectivity index (χ4n) is 2.68. The molecule has 144 valence electrons. The molecule has 5 nitrogen and oxygen atoms in total. The van der Waals surface area contributed by atoms with Crippen LogP contribution < -0.4 is 0 Å². The molecule has 0 bridgehead atoms. The van der Waals surface area contributed by atoms with Gasteiger partial charge in [-0.05, 0) is 39.5 Å². The summed E-state index contributed by atoms with van der Waals surface area (Å²) < 4.78 is 5.08. The van der Waals surface area contributed by atoms with E-state index < -0.39 is 12.2 Å². The summed E-state index contributed by atoms with van der Waals surface area (Å²) in [5.74, 6) is -0.123. The van der Waals surface area contributed by atoms with Crippen molar-refractivity contribution in [2.24, 2.45) is 0 Å². The first-order chi connectivity index (χ1) is 11.5. The quantitative estimate of drug-likeness (QED) is 0.295. The van der Waals surface area contributed by atoms with Crippen LogP contribution in [0.3, 0.4) is 0 Å². The van der Waals surface area contributed by atoms with Crippen molar-refractivity contribution in [1.82, 2.24) is 0 Å². The zero-order valence-electron chi connectivity index (χ0n) is 15.6. The van der Waals surface area contributed by atoms with Gasteiger partial charge in [-0.2, -0.15) is 0 Å². The fraction of sp³-hybridized carbons (Fsp3) is 0.947. The van der Waals surface area contributed by atoms with Crippen LogP contribution in [0.2, 0.25) is 0 Å². The lowest BCUT2D eigenvalue weighted by molar-refractivity contribution is -0.147. The number of carbonyl (C=O) groups is 1. The molecule has 0 aliphatic heterocycles. The molecular weight excluding hydrogens is 308 g/mol. The number of hydrogen-bond acceptors (Lipinski definition) is 5. The van der Waals surface area contributed by atoms with E-state index >= 15 is 0 Å². The average Bonchev–Trinajstić information content (AvgIpc) is 2.52. The number of carbonyl (C=O) groups excluding carboxylic acids is 1. The van der Waals surface area contributed by atoms with Gasteiger partial charge in [0.1, 0.15) is 0 Å². The Morgan fingerprint density at radius 1 is 0.792 bits per heavy atom. The molecule has 0 spiro atoms. The van der Waals surface area contributed by atoms with E-state index in [9.17, 15) is 15.0 Å². The minimum atomic E-state index is -0.635. The van der Waals surface area contributed by atoms with E-state index in [1.807, 2.05) is 13.8 Å². The Kier molecular flexibility index (Phi) is 15.4. The van der Waals surface area contributed by atoms with E-state index in [0.29, 0.717) is 19.3 Å². The zero-order chi connectivity index (χ0) is 18.2. The van der Waals surface area contributed by atoms with Crippen LogP contribution in [0, 0.1) is 0 Å². The maximum absolute atomic E-state index is 11.4. The van der Waals surface area contributed by atoms with Crippen molar-refractivity contribution >= 4 is 5.97 Å². The van der Waals surface area contributed by atoms with Gasteiger partial charge in [0.05, 0.1) is 18.3 Å². The molecule has 0 fully saturated rings. The third-order valence-electron chi connectivity index (χ3n) is 4.10. The average molecular weight is 347 g/mol. The van der Waals surface area contributed by atoms with E-state index in [0.717, 1.165) is 57.8 Å². The lowest BCUT2D eigenvalue weighted by atomic mass is 10.00. The molecule has 0 aromatic rings. The van der Waals surface area contributed by atoms with Crippen molar-refractivity contribution in [1.29, 1.82) is 0 Å². The monoisotopic (exact) mass is 346 g/mol. The maximum atomic E-state index is 11.4. The number of rotatable bonds is 16. The number of aliphatic hydroxyl groups excluding tert-OH is 3. The lowest BCUT2D eigenvalue weighted by Gasteiger charge is -2.17. The van der Waals surface area contributed by atoms with Crippen LogP contribution in [0.15, 0.2) is 0 Å². The first-order valence-electron chi connectivity index (χ1n) is 9.63. The van der Waals surface area contributed by atoms with Gasteiger partial charge in [-0.25, -0.2) is 0 Å². The Labute approximate surface area is 147 Å². The van der Waals surface area contributed by atoms with Gasteiger partial charge >= 0.3 is 5.97 Å². The van der Waals surface area contributed by atoms with Gasteiger partial charge in [-0.3, -0.25) is 4.79 Å². The molecule has 0 heterocycles. The van der Waals surface area contributed by atoms with Gasteiger partial charge in [-0.15, -0.1) is 0 Å². The van der Waals surface area contributed by atoms with Crippen molar-refractivity contribution < 1.29 is 24.9 Å². The van der Waals surface area contributed by atoms with E-state index in [1.54, 1.807) is 0 Å². The van der Waals surface area contributed by atoms with Crippen molar-refractivity contribution in [2.45, 2.75) is 109 Å². The third kappa shape index (κ3) is 14.9. The summed E-state index contributed by atoms with van der Waals surface area (Å²) in [4.78, 5) is 11.4. The summed E-state index contributed by atoms with van der Waals surface area (Å²) in [6.07, 6.45) is 8.91. The standard InChI is InChI=1S/C19H38O5/c1-16(2)24-19(23)14-10-5-3-4-8-12-17(21)18(22)13-9-6-7-11-15-20/h16-18,20-22H,3-15H2,1-2H3. The Morgan fingerprint density at radius 2 is 1.25 bits per heavy atom. The Bertz CT molecular complexity index is 293. The Hall–Kier alpha value is -0.650. The van der Waals surface area contributed by atoms with E-state index in [2.05, 4.69) is 0 Å². The number of unbranched alkanes of at least 4 members (excludes halogenated alkanes) is 7. The second-order valence-electron chi connectivity index (χ2n) is 6.91. The number of aliphatic hydroxyl groups is 3. The summed E-state index contributed by atoms with van der Waals surface area (Å²) in [6.45, 7) is 3.93. The molecule has 0 saturated carbocycles. The second kappa shape index (κ2) is 15.9. The molecule has 0 aliphatic rings. The number of esters is 1. The fourth-order valence-corrected chi connectivity index (χ4v) is 2.68. The van der Waals surface area contributed by atoms with Crippen LogP contribution >= 0.6 is 0 Å². The van der Waals surface area contributed by atoms with Crippen molar-refractivity contribution in [3.05, 3.63) is 0 Å². The molecule has 2 atom stereocenters. The highest BCUT2D eigenvalue weighted by Gasteiger charge is 2.15. The molecular formula is C19H38O5. The van der Waals surface area contributed by atoms with Gasteiger partial charge in [-0.1, -0.05) is 44.9 Å². The molecule has 3 N–H and O–H groups in total. The van der Waals surface area contributed by atoms with Crippen molar-refractivity contribution in [3.63, 3.8) is 0 Å². The summed E-state index contributed by atoms with van der Waals surface area (Å²) in [5, 5.41) is 28.5. The summed E-state index contributed by atoms with van der Waals surface area (Å²) >= 11 is 0. The van der Waals surface area contributed by atoms with Crippen molar-refractivity contribution in [2.75, 3.05) is 6.61 Å². The van der Waals surface area contributed by atoms with Crippen LogP contribution in [0.4, 0.5) is 0 Å². The highest BCUT2D eigenvalue weighted by atomic mass is 16.5. The predicted molar refractivity (Wildman–Crippen MR) is 95.7 cm³/mol. The molecule has 2 unspecified atom stereocenters. The van der Waals surface area contributed by atoms with Crippen LogP contribution in [-0.2, 0) is 9.53 Å². The maximum Gasteiger partial charge on any atom is 0.306 e. The van der Waals surface area contributed by atoms with Gasteiger partial charge in [0.25, 0.3) is 0 Å². The highest BCUT2D eigenvalue weighted by Crippen LogP contribution is 2.14. The minimum Gasteiger partial charge on any atom is -0.463 e. The summed E-state index contributed by atoms with van der Waals surface area (Å²) in [6, 6.07) is 0.